The number of amides is 1. The van der Waals surface area contributed by atoms with E-state index in [0.29, 0.717) is 23.8 Å². The number of aliphatic hydroxyl groups is 1. The quantitative estimate of drug-likeness (QED) is 0.848. The van der Waals surface area contributed by atoms with Crippen LogP contribution in [0, 0.1) is 6.92 Å². The molecule has 1 heterocycles. The number of hydrogen-bond acceptors (Lipinski definition) is 5. The topological polar surface area (TPSA) is 88.2 Å². The molecule has 1 aromatic carbocycles. The van der Waals surface area contributed by atoms with Crippen molar-refractivity contribution in [2.24, 2.45) is 0 Å². The monoisotopic (exact) mass is 289 g/mol. The first-order valence-corrected chi connectivity index (χ1v) is 6.96. The number of rotatable bonds is 6. The molecule has 2 aromatic rings. The van der Waals surface area contributed by atoms with E-state index in [-0.39, 0.29) is 18.6 Å². The van der Waals surface area contributed by atoms with E-state index >= 15 is 0 Å². The third kappa shape index (κ3) is 3.88. The van der Waals surface area contributed by atoms with Gasteiger partial charge in [-0.25, -0.2) is 0 Å². The fourth-order valence-electron chi connectivity index (χ4n) is 1.98. The van der Waals surface area contributed by atoms with Gasteiger partial charge in [0.1, 0.15) is 0 Å². The predicted octanol–water partition coefficient (Wildman–Crippen LogP) is 1.94. The minimum Gasteiger partial charge on any atom is -0.421 e. The number of carbonyl (C=O) groups is 1. The predicted molar refractivity (Wildman–Crippen MR) is 77.7 cm³/mol. The number of hydrogen-bond donors (Lipinski definition) is 2. The summed E-state index contributed by atoms with van der Waals surface area (Å²) >= 11 is 0. The molecule has 6 heteroatoms. The highest BCUT2D eigenvalue weighted by atomic mass is 16.4. The Bertz CT molecular complexity index is 592. The molecule has 0 saturated carbocycles. The van der Waals surface area contributed by atoms with E-state index in [0.717, 1.165) is 12.0 Å². The van der Waals surface area contributed by atoms with Crippen molar-refractivity contribution in [3.63, 3.8) is 0 Å². The lowest BCUT2D eigenvalue weighted by Gasteiger charge is -2.15. The molecule has 0 bridgehead atoms. The number of aromatic nitrogens is 2. The standard InChI is InChI=1S/C15H19N3O3/c1-3-13(8-9-19)16-14(20)11-4-6-12(7-5-11)15-18-17-10(2)21-15/h4-7,13,19H,3,8-9H2,1-2H3,(H,16,20). The fourth-order valence-corrected chi connectivity index (χ4v) is 1.98. The molecular formula is C15H19N3O3. The Labute approximate surface area is 123 Å². The summed E-state index contributed by atoms with van der Waals surface area (Å²) in [5.41, 5.74) is 1.33. The van der Waals surface area contributed by atoms with Crippen LogP contribution < -0.4 is 5.32 Å². The summed E-state index contributed by atoms with van der Waals surface area (Å²) in [6.45, 7) is 3.76. The first-order valence-electron chi connectivity index (χ1n) is 6.96. The van der Waals surface area contributed by atoms with Crippen molar-refractivity contribution in [1.29, 1.82) is 0 Å². The number of carbonyl (C=O) groups excluding carboxylic acids is 1. The van der Waals surface area contributed by atoms with Crippen molar-refractivity contribution < 1.29 is 14.3 Å². The number of nitrogens with one attached hydrogen (secondary N) is 1. The second-order valence-electron chi connectivity index (χ2n) is 4.79. The highest BCUT2D eigenvalue weighted by Gasteiger charge is 2.12. The first-order chi connectivity index (χ1) is 10.1. The first kappa shape index (κ1) is 15.2. The van der Waals surface area contributed by atoms with Crippen LogP contribution >= 0.6 is 0 Å². The van der Waals surface area contributed by atoms with Crippen LogP contribution in [0.1, 0.15) is 36.0 Å². The minimum absolute atomic E-state index is 0.0132. The lowest BCUT2D eigenvalue weighted by Crippen LogP contribution is -2.35. The Morgan fingerprint density at radius 1 is 1.33 bits per heavy atom. The van der Waals surface area contributed by atoms with E-state index in [2.05, 4.69) is 15.5 Å². The zero-order chi connectivity index (χ0) is 15.2. The van der Waals surface area contributed by atoms with E-state index in [1.165, 1.54) is 0 Å². The number of aryl methyl sites for hydroxylation is 1. The van der Waals surface area contributed by atoms with E-state index in [9.17, 15) is 4.79 Å². The molecule has 0 spiro atoms. The van der Waals surface area contributed by atoms with Gasteiger partial charge >= 0.3 is 0 Å². The van der Waals surface area contributed by atoms with Crippen LogP contribution in [-0.2, 0) is 0 Å². The van der Waals surface area contributed by atoms with Crippen molar-refractivity contribution >= 4 is 5.91 Å². The van der Waals surface area contributed by atoms with Crippen molar-refractivity contribution in [3.05, 3.63) is 35.7 Å². The molecule has 1 amide bonds. The summed E-state index contributed by atoms with van der Waals surface area (Å²) in [6.07, 6.45) is 1.34. The van der Waals surface area contributed by atoms with Gasteiger partial charge in [0.05, 0.1) is 0 Å². The molecule has 1 aromatic heterocycles. The molecule has 112 valence electrons. The molecule has 2 N–H and O–H groups in total. The molecule has 1 atom stereocenters. The zero-order valence-electron chi connectivity index (χ0n) is 12.2. The van der Waals surface area contributed by atoms with Gasteiger partial charge in [-0.1, -0.05) is 6.92 Å². The highest BCUT2D eigenvalue weighted by molar-refractivity contribution is 5.94. The average Bonchev–Trinajstić information content (AvgIpc) is 2.93. The largest absolute Gasteiger partial charge is 0.421 e. The van der Waals surface area contributed by atoms with Gasteiger partial charge in [0.2, 0.25) is 11.8 Å². The van der Waals surface area contributed by atoms with Crippen LogP contribution in [0.25, 0.3) is 11.5 Å². The van der Waals surface area contributed by atoms with Gasteiger partial charge in [-0.15, -0.1) is 10.2 Å². The third-order valence-electron chi connectivity index (χ3n) is 3.23. The van der Waals surface area contributed by atoms with Gasteiger partial charge < -0.3 is 14.8 Å². The van der Waals surface area contributed by atoms with Crippen molar-refractivity contribution in [2.75, 3.05) is 6.61 Å². The summed E-state index contributed by atoms with van der Waals surface area (Å²) in [4.78, 5) is 12.1. The van der Waals surface area contributed by atoms with Crippen LogP contribution in [0.4, 0.5) is 0 Å². The molecule has 6 nitrogen and oxygen atoms in total. The van der Waals surface area contributed by atoms with Crippen LogP contribution in [0.2, 0.25) is 0 Å². The maximum Gasteiger partial charge on any atom is 0.251 e. The second kappa shape index (κ2) is 6.99. The SMILES string of the molecule is CCC(CCO)NC(=O)c1ccc(-c2nnc(C)o2)cc1. The van der Waals surface area contributed by atoms with Gasteiger partial charge in [-0.2, -0.15) is 0 Å². The third-order valence-corrected chi connectivity index (χ3v) is 3.23. The second-order valence-corrected chi connectivity index (χ2v) is 4.79. The Morgan fingerprint density at radius 2 is 2.05 bits per heavy atom. The summed E-state index contributed by atoms with van der Waals surface area (Å²) in [5, 5.41) is 19.5. The van der Waals surface area contributed by atoms with E-state index in [1.54, 1.807) is 31.2 Å². The van der Waals surface area contributed by atoms with Crippen LogP contribution in [-0.4, -0.2) is 33.9 Å². The normalized spacial score (nSPS) is 12.1. The van der Waals surface area contributed by atoms with E-state index in [1.807, 2.05) is 6.92 Å². The average molecular weight is 289 g/mol. The molecule has 0 aliphatic carbocycles. The Hall–Kier alpha value is -2.21. The zero-order valence-corrected chi connectivity index (χ0v) is 12.2. The Kier molecular flexibility index (Phi) is 5.05. The Morgan fingerprint density at radius 3 is 2.57 bits per heavy atom. The molecule has 1 unspecified atom stereocenters. The molecule has 0 aliphatic heterocycles. The smallest absolute Gasteiger partial charge is 0.251 e. The lowest BCUT2D eigenvalue weighted by molar-refractivity contribution is 0.0929. The van der Waals surface area contributed by atoms with Crippen LogP contribution in [0.3, 0.4) is 0 Å². The number of nitrogens with zero attached hydrogens (tertiary/aromatic N) is 2. The molecule has 0 radical (unpaired) electrons. The molecule has 2 rings (SSSR count). The van der Waals surface area contributed by atoms with Gasteiger partial charge in [0.25, 0.3) is 5.91 Å². The van der Waals surface area contributed by atoms with Gasteiger partial charge in [-0.05, 0) is 37.1 Å². The van der Waals surface area contributed by atoms with Crippen molar-refractivity contribution in [1.82, 2.24) is 15.5 Å². The summed E-state index contributed by atoms with van der Waals surface area (Å²) in [6, 6.07) is 6.97. The van der Waals surface area contributed by atoms with Gasteiger partial charge in [0.15, 0.2) is 0 Å². The summed E-state index contributed by atoms with van der Waals surface area (Å²) < 4.78 is 5.33. The van der Waals surface area contributed by atoms with Crippen LogP contribution in [0.5, 0.6) is 0 Å². The summed E-state index contributed by atoms with van der Waals surface area (Å²) in [7, 11) is 0. The van der Waals surface area contributed by atoms with Gasteiger partial charge in [-0.3, -0.25) is 4.79 Å². The molecule has 0 saturated heterocycles. The molecule has 0 fully saturated rings. The molecule has 21 heavy (non-hydrogen) atoms. The Balaban J connectivity index is 2.06. The number of aliphatic hydroxyl groups excluding tert-OH is 1. The maximum atomic E-state index is 12.1. The van der Waals surface area contributed by atoms with Crippen molar-refractivity contribution in [3.8, 4) is 11.5 Å². The van der Waals surface area contributed by atoms with Crippen LogP contribution in [0.15, 0.2) is 28.7 Å². The highest BCUT2D eigenvalue weighted by Crippen LogP contribution is 2.18. The fraction of sp³-hybridized carbons (Fsp3) is 0.400. The van der Waals surface area contributed by atoms with E-state index < -0.39 is 0 Å². The van der Waals surface area contributed by atoms with Gasteiger partial charge in [0, 0.05) is 30.7 Å². The van der Waals surface area contributed by atoms with E-state index in [4.69, 9.17) is 9.52 Å². The molecule has 0 aliphatic rings. The number of benzene rings is 1. The molecular weight excluding hydrogens is 270 g/mol. The summed E-state index contributed by atoms with van der Waals surface area (Å²) in [5.74, 6) is 0.788. The maximum absolute atomic E-state index is 12.1. The van der Waals surface area contributed by atoms with Crippen molar-refractivity contribution in [2.45, 2.75) is 32.7 Å². The minimum atomic E-state index is -0.149. The lowest BCUT2D eigenvalue weighted by atomic mass is 10.1.